The first-order chi connectivity index (χ1) is 8.61. The van der Waals surface area contributed by atoms with Crippen LogP contribution in [0.2, 0.25) is 0 Å². The minimum absolute atomic E-state index is 0.0448. The average molecular weight is 247 g/mol. The predicted octanol–water partition coefficient (Wildman–Crippen LogP) is 1.11. The molecule has 1 aromatic carbocycles. The normalized spacial score (nSPS) is 12.6. The van der Waals surface area contributed by atoms with Crippen LogP contribution in [0.25, 0.3) is 10.9 Å². The van der Waals surface area contributed by atoms with Crippen LogP contribution < -0.4 is 11.1 Å². The van der Waals surface area contributed by atoms with Gasteiger partial charge in [0.05, 0.1) is 11.2 Å². The van der Waals surface area contributed by atoms with Crippen LogP contribution in [0.5, 0.6) is 0 Å². The van der Waals surface area contributed by atoms with E-state index in [1.165, 1.54) is 0 Å². The van der Waals surface area contributed by atoms with Crippen molar-refractivity contribution in [3.05, 3.63) is 30.0 Å². The molecule has 0 saturated heterocycles. The van der Waals surface area contributed by atoms with E-state index in [0.717, 1.165) is 10.9 Å². The van der Waals surface area contributed by atoms with E-state index in [4.69, 9.17) is 10.8 Å². The lowest BCUT2D eigenvalue weighted by Gasteiger charge is -2.08. The molecule has 0 aliphatic carbocycles. The Kier molecular flexibility index (Phi) is 3.53. The maximum absolute atomic E-state index is 11.9. The molecule has 2 rings (SSSR count). The number of aromatic nitrogens is 1. The van der Waals surface area contributed by atoms with Crippen molar-refractivity contribution in [1.29, 1.82) is 0 Å². The van der Waals surface area contributed by atoms with Gasteiger partial charge in [0.1, 0.15) is 5.69 Å². The number of rotatable bonds is 4. The Balaban J connectivity index is 2.16. The molecule has 0 bridgehead atoms. The molecule has 0 aliphatic rings. The summed E-state index contributed by atoms with van der Waals surface area (Å²) in [7, 11) is 0. The van der Waals surface area contributed by atoms with E-state index in [2.05, 4.69) is 10.3 Å². The fourth-order valence-corrected chi connectivity index (χ4v) is 1.73. The second-order valence-electron chi connectivity index (χ2n) is 4.49. The third kappa shape index (κ3) is 2.46. The van der Waals surface area contributed by atoms with E-state index in [1.54, 1.807) is 12.1 Å². The summed E-state index contributed by atoms with van der Waals surface area (Å²) >= 11 is 0. The largest absolute Gasteiger partial charge is 0.397 e. The number of carbonyl (C=O) groups is 1. The zero-order valence-corrected chi connectivity index (χ0v) is 10.2. The fourth-order valence-electron chi connectivity index (χ4n) is 1.73. The maximum Gasteiger partial charge on any atom is 0.267 e. The summed E-state index contributed by atoms with van der Waals surface area (Å²) in [5.74, 6) is -0.144. The van der Waals surface area contributed by atoms with Crippen molar-refractivity contribution in [1.82, 2.24) is 10.3 Å². The van der Waals surface area contributed by atoms with Crippen molar-refractivity contribution in [3.63, 3.8) is 0 Å². The van der Waals surface area contributed by atoms with Crippen LogP contribution in [0, 0.1) is 5.92 Å². The average Bonchev–Trinajstić information content (AvgIpc) is 2.81. The van der Waals surface area contributed by atoms with Crippen LogP contribution in [-0.2, 0) is 0 Å². The van der Waals surface area contributed by atoms with Crippen LogP contribution in [0.3, 0.4) is 0 Å². The number of benzene rings is 1. The van der Waals surface area contributed by atoms with E-state index in [9.17, 15) is 4.79 Å². The third-order valence-electron chi connectivity index (χ3n) is 2.86. The monoisotopic (exact) mass is 247 g/mol. The van der Waals surface area contributed by atoms with E-state index >= 15 is 0 Å². The van der Waals surface area contributed by atoms with Gasteiger partial charge in [-0.1, -0.05) is 19.1 Å². The quantitative estimate of drug-likeness (QED) is 0.610. The number of para-hydroxylation sites is 1. The smallest absolute Gasteiger partial charge is 0.267 e. The molecule has 1 unspecified atom stereocenters. The summed E-state index contributed by atoms with van der Waals surface area (Å²) in [6, 6.07) is 7.30. The molecular formula is C13H17N3O2. The van der Waals surface area contributed by atoms with Gasteiger partial charge in [-0.05, 0) is 18.1 Å². The number of hydrogen-bond donors (Lipinski definition) is 4. The van der Waals surface area contributed by atoms with Gasteiger partial charge in [-0.15, -0.1) is 0 Å². The first kappa shape index (κ1) is 12.4. The van der Waals surface area contributed by atoms with Crippen LogP contribution in [0.1, 0.15) is 17.4 Å². The van der Waals surface area contributed by atoms with Crippen molar-refractivity contribution in [2.24, 2.45) is 5.92 Å². The number of hydrogen-bond acceptors (Lipinski definition) is 3. The minimum atomic E-state index is -0.189. The summed E-state index contributed by atoms with van der Waals surface area (Å²) < 4.78 is 0. The van der Waals surface area contributed by atoms with E-state index in [0.29, 0.717) is 17.9 Å². The number of nitrogens with one attached hydrogen (secondary N) is 2. The van der Waals surface area contributed by atoms with Crippen LogP contribution in [-0.4, -0.2) is 29.1 Å². The first-order valence-corrected chi connectivity index (χ1v) is 5.88. The molecule has 5 N–H and O–H groups in total. The van der Waals surface area contributed by atoms with Crippen molar-refractivity contribution >= 4 is 22.5 Å². The zero-order chi connectivity index (χ0) is 13.1. The van der Waals surface area contributed by atoms with Gasteiger partial charge in [-0.3, -0.25) is 4.79 Å². The van der Waals surface area contributed by atoms with Gasteiger partial charge in [0.2, 0.25) is 0 Å². The molecule has 1 aromatic heterocycles. The molecule has 5 heteroatoms. The van der Waals surface area contributed by atoms with E-state index in [-0.39, 0.29) is 18.4 Å². The Bertz CT molecular complexity index is 562. The molecule has 0 saturated carbocycles. The van der Waals surface area contributed by atoms with Crippen molar-refractivity contribution in [3.8, 4) is 0 Å². The Morgan fingerprint density at radius 2 is 2.33 bits per heavy atom. The number of aliphatic hydroxyl groups excluding tert-OH is 1. The zero-order valence-electron chi connectivity index (χ0n) is 10.2. The molecule has 18 heavy (non-hydrogen) atoms. The number of aromatic amines is 1. The number of amides is 1. The summed E-state index contributed by atoms with van der Waals surface area (Å²) in [6.07, 6.45) is 0. The molecule has 0 spiro atoms. The minimum Gasteiger partial charge on any atom is -0.397 e. The molecule has 0 fully saturated rings. The highest BCUT2D eigenvalue weighted by atomic mass is 16.3. The lowest BCUT2D eigenvalue weighted by atomic mass is 10.2. The number of H-pyrrole nitrogens is 1. The number of nitrogen functional groups attached to an aromatic ring is 1. The second-order valence-corrected chi connectivity index (χ2v) is 4.49. The topological polar surface area (TPSA) is 91.1 Å². The molecule has 1 amide bonds. The van der Waals surface area contributed by atoms with E-state index < -0.39 is 0 Å². The highest BCUT2D eigenvalue weighted by Crippen LogP contribution is 2.20. The second kappa shape index (κ2) is 5.10. The lowest BCUT2D eigenvalue weighted by molar-refractivity contribution is 0.0938. The summed E-state index contributed by atoms with van der Waals surface area (Å²) in [6.45, 7) is 2.36. The summed E-state index contributed by atoms with van der Waals surface area (Å²) in [5.41, 5.74) is 7.69. The summed E-state index contributed by atoms with van der Waals surface area (Å²) in [5, 5.41) is 12.6. The van der Waals surface area contributed by atoms with Gasteiger partial charge in [0.15, 0.2) is 0 Å². The van der Waals surface area contributed by atoms with Crippen molar-refractivity contribution in [2.75, 3.05) is 18.9 Å². The SMILES string of the molecule is CC(CO)CNC(=O)c1cc2cccc(N)c2[nH]1. The Morgan fingerprint density at radius 3 is 3.00 bits per heavy atom. The highest BCUT2D eigenvalue weighted by molar-refractivity contribution is 6.00. The molecule has 96 valence electrons. The van der Waals surface area contributed by atoms with Crippen molar-refractivity contribution < 1.29 is 9.90 Å². The fraction of sp³-hybridized carbons (Fsp3) is 0.308. The van der Waals surface area contributed by atoms with Crippen LogP contribution in [0.4, 0.5) is 5.69 Å². The number of nitrogens with two attached hydrogens (primary N) is 1. The van der Waals surface area contributed by atoms with Gasteiger partial charge in [-0.2, -0.15) is 0 Å². The molecular weight excluding hydrogens is 230 g/mol. The molecule has 1 heterocycles. The number of fused-ring (bicyclic) bond motifs is 1. The Labute approximate surface area is 105 Å². The molecule has 0 aliphatic heterocycles. The lowest BCUT2D eigenvalue weighted by Crippen LogP contribution is -2.29. The Morgan fingerprint density at radius 1 is 1.56 bits per heavy atom. The molecule has 2 aromatic rings. The van der Waals surface area contributed by atoms with Crippen LogP contribution >= 0.6 is 0 Å². The molecule has 5 nitrogen and oxygen atoms in total. The van der Waals surface area contributed by atoms with Gasteiger partial charge < -0.3 is 21.1 Å². The van der Waals surface area contributed by atoms with Gasteiger partial charge in [0.25, 0.3) is 5.91 Å². The van der Waals surface area contributed by atoms with E-state index in [1.807, 2.05) is 19.1 Å². The first-order valence-electron chi connectivity index (χ1n) is 5.88. The maximum atomic E-state index is 11.9. The molecule has 0 radical (unpaired) electrons. The van der Waals surface area contributed by atoms with Gasteiger partial charge >= 0.3 is 0 Å². The number of anilines is 1. The number of aliphatic hydroxyl groups is 1. The number of carbonyl (C=O) groups excluding carboxylic acids is 1. The third-order valence-corrected chi connectivity index (χ3v) is 2.86. The van der Waals surface area contributed by atoms with Crippen LogP contribution in [0.15, 0.2) is 24.3 Å². The van der Waals surface area contributed by atoms with Gasteiger partial charge in [-0.25, -0.2) is 0 Å². The summed E-state index contributed by atoms with van der Waals surface area (Å²) in [4.78, 5) is 14.9. The molecule has 1 atom stereocenters. The van der Waals surface area contributed by atoms with Crippen molar-refractivity contribution in [2.45, 2.75) is 6.92 Å². The highest BCUT2D eigenvalue weighted by Gasteiger charge is 2.11. The standard InChI is InChI=1S/C13H17N3O2/c1-8(7-17)6-15-13(18)11-5-9-3-2-4-10(14)12(9)16-11/h2-5,8,16-17H,6-7,14H2,1H3,(H,15,18). The predicted molar refractivity (Wildman–Crippen MR) is 71.3 cm³/mol. The van der Waals surface area contributed by atoms with Gasteiger partial charge in [0, 0.05) is 18.5 Å². The Hall–Kier alpha value is -2.01.